The molecule has 0 bridgehead atoms. The summed E-state index contributed by atoms with van der Waals surface area (Å²) >= 11 is 0. The molecule has 0 spiro atoms. The highest BCUT2D eigenvalue weighted by atomic mass is 32.2. The van der Waals surface area contributed by atoms with Crippen LogP contribution in [0.1, 0.15) is 50.0 Å². The molecule has 3 fully saturated rings. The lowest BCUT2D eigenvalue weighted by atomic mass is 9.82. The Kier molecular flexibility index (Phi) is 7.62. The minimum absolute atomic E-state index is 0.00255. The molecule has 5 rings (SSSR count). The Morgan fingerprint density at radius 3 is 2.57 bits per heavy atom. The second-order valence-electron chi connectivity index (χ2n) is 9.92. The molecule has 1 saturated carbocycles. The third-order valence-corrected chi connectivity index (χ3v) is 9.26. The van der Waals surface area contributed by atoms with Crippen molar-refractivity contribution in [3.8, 4) is 0 Å². The van der Waals surface area contributed by atoms with Gasteiger partial charge in [0.05, 0.1) is 12.7 Å². The number of hydrogen-bond donors (Lipinski definition) is 1. The van der Waals surface area contributed by atoms with Crippen LogP contribution in [0.3, 0.4) is 0 Å². The number of hydrogen-bond acceptors (Lipinski definition) is 6. The van der Waals surface area contributed by atoms with Crippen LogP contribution >= 0.6 is 0 Å². The third kappa shape index (κ3) is 5.99. The van der Waals surface area contributed by atoms with Crippen LogP contribution in [-0.4, -0.2) is 67.9 Å². The Morgan fingerprint density at radius 2 is 1.89 bits per heavy atom. The van der Waals surface area contributed by atoms with Gasteiger partial charge in [-0.15, -0.1) is 5.10 Å². The van der Waals surface area contributed by atoms with Crippen molar-refractivity contribution in [3.63, 3.8) is 0 Å². The first-order chi connectivity index (χ1) is 17.0. The average Bonchev–Trinajstić information content (AvgIpc) is 2.83. The molecule has 1 N–H and O–H groups in total. The van der Waals surface area contributed by atoms with Gasteiger partial charge in [-0.1, -0.05) is 12.1 Å². The monoisotopic (exact) mass is 503 g/mol. The molecule has 2 unspecified atom stereocenters. The fourth-order valence-corrected chi connectivity index (χ4v) is 6.98. The van der Waals surface area contributed by atoms with Crippen LogP contribution in [0.2, 0.25) is 0 Å². The van der Waals surface area contributed by atoms with E-state index in [2.05, 4.69) is 19.8 Å². The summed E-state index contributed by atoms with van der Waals surface area (Å²) in [5, 5.41) is 8.24. The Labute approximate surface area is 207 Å². The van der Waals surface area contributed by atoms with Gasteiger partial charge in [-0.05, 0) is 74.3 Å². The van der Waals surface area contributed by atoms with E-state index in [0.29, 0.717) is 45.1 Å². The first-order valence-electron chi connectivity index (χ1n) is 12.6. The van der Waals surface area contributed by atoms with E-state index in [1.807, 2.05) is 18.2 Å². The summed E-state index contributed by atoms with van der Waals surface area (Å²) < 4.78 is 50.0. The molecule has 0 amide bonds. The summed E-state index contributed by atoms with van der Waals surface area (Å²) in [6.07, 6.45) is 7.17. The van der Waals surface area contributed by atoms with Crippen molar-refractivity contribution in [2.45, 2.75) is 56.6 Å². The van der Waals surface area contributed by atoms with Crippen LogP contribution in [0.5, 0.6) is 0 Å². The average molecular weight is 504 g/mol. The molecule has 3 aliphatic rings. The number of rotatable bonds is 8. The molecule has 190 valence electrons. The van der Waals surface area contributed by atoms with E-state index in [0.717, 1.165) is 43.5 Å². The van der Waals surface area contributed by atoms with Crippen molar-refractivity contribution >= 4 is 16.0 Å². The summed E-state index contributed by atoms with van der Waals surface area (Å²) in [6.45, 7) is 3.03. The molecule has 0 radical (unpaired) electrons. The van der Waals surface area contributed by atoms with Gasteiger partial charge in [0.25, 0.3) is 10.2 Å². The van der Waals surface area contributed by atoms with Crippen LogP contribution in [0.15, 0.2) is 42.6 Å². The summed E-state index contributed by atoms with van der Waals surface area (Å²) in [5.41, 5.74) is 1.07. The highest BCUT2D eigenvalue weighted by Gasteiger charge is 2.37. The summed E-state index contributed by atoms with van der Waals surface area (Å²) in [6, 6.07) is 10.5. The van der Waals surface area contributed by atoms with Crippen molar-refractivity contribution < 1.29 is 17.5 Å². The van der Waals surface area contributed by atoms with E-state index < -0.39 is 10.2 Å². The van der Waals surface area contributed by atoms with Gasteiger partial charge in [-0.3, -0.25) is 0 Å². The predicted octanol–water partition coefficient (Wildman–Crippen LogP) is 3.09. The molecule has 1 aromatic carbocycles. The van der Waals surface area contributed by atoms with Crippen LogP contribution in [0, 0.1) is 11.7 Å². The summed E-state index contributed by atoms with van der Waals surface area (Å²) in [7, 11) is -3.47. The topological polar surface area (TPSA) is 87.7 Å². The lowest BCUT2D eigenvalue weighted by molar-refractivity contribution is -0.00230. The first-order valence-corrected chi connectivity index (χ1v) is 14.1. The van der Waals surface area contributed by atoms with Gasteiger partial charge >= 0.3 is 0 Å². The molecule has 2 aromatic rings. The van der Waals surface area contributed by atoms with Crippen molar-refractivity contribution in [2.24, 2.45) is 5.92 Å². The second-order valence-corrected chi connectivity index (χ2v) is 11.6. The van der Waals surface area contributed by atoms with Crippen LogP contribution in [0.25, 0.3) is 0 Å². The van der Waals surface area contributed by atoms with Crippen LogP contribution in [0.4, 0.5) is 10.2 Å². The highest BCUT2D eigenvalue weighted by Crippen LogP contribution is 2.35. The molecule has 35 heavy (non-hydrogen) atoms. The Morgan fingerprint density at radius 1 is 1.06 bits per heavy atom. The van der Waals surface area contributed by atoms with Gasteiger partial charge in [0.2, 0.25) is 0 Å². The van der Waals surface area contributed by atoms with Gasteiger partial charge in [-0.2, -0.15) is 22.5 Å². The van der Waals surface area contributed by atoms with Gasteiger partial charge in [0, 0.05) is 44.3 Å². The van der Waals surface area contributed by atoms with Gasteiger partial charge in [0.1, 0.15) is 5.82 Å². The van der Waals surface area contributed by atoms with Crippen molar-refractivity contribution in [3.05, 3.63) is 54.0 Å². The number of anilines is 1. The molecule has 3 heterocycles. The smallest absolute Gasteiger partial charge is 0.279 e. The van der Waals surface area contributed by atoms with Crippen molar-refractivity contribution in [2.75, 3.05) is 37.7 Å². The summed E-state index contributed by atoms with van der Waals surface area (Å²) in [5.74, 6) is 0.987. The number of benzene rings is 1. The first kappa shape index (κ1) is 24.5. The molecular formula is C25H34FN5O3S. The fourth-order valence-electron chi connectivity index (χ4n) is 5.40. The molecule has 1 aliphatic carbocycles. The van der Waals surface area contributed by atoms with Crippen molar-refractivity contribution in [1.29, 1.82) is 0 Å². The third-order valence-electron chi connectivity index (χ3n) is 7.61. The minimum atomic E-state index is -3.47. The maximum Gasteiger partial charge on any atom is 0.279 e. The standard InChI is InChI=1S/C25H34FN5O3S/c26-22-5-1-4-20(16-22)19-7-9-23(10-8-19)34-18-21-17-30(25-6-2-12-27-28-25)15-11-24(21)29-35(32,33)31-13-3-14-31/h1-2,4-6,12,16,19,21,23-24,29H,3,7-11,13-15,17-18H2. The number of nitrogens with zero attached hydrogens (tertiary/aromatic N) is 4. The maximum atomic E-state index is 13.6. The Hall–Kier alpha value is -2.14. The molecule has 2 aliphatic heterocycles. The van der Waals surface area contributed by atoms with E-state index in [4.69, 9.17) is 4.74 Å². The number of piperidine rings is 1. The quantitative estimate of drug-likeness (QED) is 0.596. The zero-order chi connectivity index (χ0) is 24.3. The zero-order valence-electron chi connectivity index (χ0n) is 19.9. The van der Waals surface area contributed by atoms with E-state index in [1.165, 1.54) is 10.4 Å². The number of ether oxygens (including phenoxy) is 1. The van der Waals surface area contributed by atoms with Crippen molar-refractivity contribution in [1.82, 2.24) is 19.2 Å². The second kappa shape index (κ2) is 10.9. The highest BCUT2D eigenvalue weighted by molar-refractivity contribution is 7.87. The number of aromatic nitrogens is 2. The van der Waals surface area contributed by atoms with E-state index >= 15 is 0 Å². The molecule has 1 aromatic heterocycles. The van der Waals surface area contributed by atoms with E-state index in [1.54, 1.807) is 18.3 Å². The zero-order valence-corrected chi connectivity index (χ0v) is 20.7. The molecule has 8 nitrogen and oxygen atoms in total. The Balaban J connectivity index is 1.20. The SMILES string of the molecule is O=S(=O)(NC1CCN(c2cccnn2)CC1COC1CCC(c2cccc(F)c2)CC1)N1CCC1. The van der Waals surface area contributed by atoms with Gasteiger partial charge in [0.15, 0.2) is 5.82 Å². The van der Waals surface area contributed by atoms with Gasteiger partial charge in [-0.25, -0.2) is 4.39 Å². The van der Waals surface area contributed by atoms with Gasteiger partial charge < -0.3 is 9.64 Å². The normalized spacial score (nSPS) is 28.0. The largest absolute Gasteiger partial charge is 0.378 e. The Bertz CT molecular complexity index is 1080. The lowest BCUT2D eigenvalue weighted by Gasteiger charge is -2.41. The fraction of sp³-hybridized carbons (Fsp3) is 0.600. The van der Waals surface area contributed by atoms with E-state index in [-0.39, 0.29) is 23.9 Å². The minimum Gasteiger partial charge on any atom is -0.378 e. The molecule has 2 saturated heterocycles. The number of halogens is 1. The van der Waals surface area contributed by atoms with Crippen LogP contribution in [-0.2, 0) is 14.9 Å². The number of nitrogens with one attached hydrogen (secondary N) is 1. The summed E-state index contributed by atoms with van der Waals surface area (Å²) in [4.78, 5) is 2.16. The molecular weight excluding hydrogens is 469 g/mol. The lowest BCUT2D eigenvalue weighted by Crippen LogP contribution is -2.57. The predicted molar refractivity (Wildman–Crippen MR) is 132 cm³/mol. The van der Waals surface area contributed by atoms with Crippen LogP contribution < -0.4 is 9.62 Å². The molecule has 10 heteroatoms. The molecule has 2 atom stereocenters. The maximum absolute atomic E-state index is 13.6. The van der Waals surface area contributed by atoms with E-state index in [9.17, 15) is 12.8 Å².